The Kier molecular flexibility index (Phi) is 3.01. The summed E-state index contributed by atoms with van der Waals surface area (Å²) in [5.74, 6) is 1.58. The van der Waals surface area contributed by atoms with Crippen LogP contribution in [0.15, 0.2) is 24.5 Å². The summed E-state index contributed by atoms with van der Waals surface area (Å²) in [7, 11) is 1.82. The lowest BCUT2D eigenvalue weighted by atomic mass is 9.98. The summed E-state index contributed by atoms with van der Waals surface area (Å²) in [6, 6.07) is 5.95. The minimum absolute atomic E-state index is 0.205. The number of aromatic nitrogens is 3. The number of nitrogens with zero attached hydrogens (tertiary/aromatic N) is 3. The number of para-hydroxylation sites is 1. The SMILES string of the molecule is Cn1ncnc1CC(O)c1cccc2c1OC(C)(C)C2. The average molecular weight is 273 g/mol. The van der Waals surface area contributed by atoms with Crippen molar-refractivity contribution in [1.29, 1.82) is 0 Å². The third-order valence-corrected chi connectivity index (χ3v) is 3.66. The summed E-state index contributed by atoms with van der Waals surface area (Å²) >= 11 is 0. The number of aliphatic hydroxyl groups is 1. The van der Waals surface area contributed by atoms with Crippen molar-refractivity contribution in [3.8, 4) is 5.75 Å². The van der Waals surface area contributed by atoms with Crippen molar-refractivity contribution < 1.29 is 9.84 Å². The predicted molar refractivity (Wildman–Crippen MR) is 74.5 cm³/mol. The Morgan fingerprint density at radius 1 is 1.45 bits per heavy atom. The van der Waals surface area contributed by atoms with E-state index in [1.807, 2.05) is 19.2 Å². The number of rotatable bonds is 3. The Morgan fingerprint density at radius 2 is 2.25 bits per heavy atom. The third kappa shape index (κ3) is 2.29. The molecule has 20 heavy (non-hydrogen) atoms. The number of ether oxygens (including phenoxy) is 1. The average Bonchev–Trinajstić information content (AvgIpc) is 2.90. The highest BCUT2D eigenvalue weighted by Crippen LogP contribution is 2.40. The van der Waals surface area contributed by atoms with E-state index in [0.29, 0.717) is 6.42 Å². The number of hydrogen-bond donors (Lipinski definition) is 1. The van der Waals surface area contributed by atoms with Crippen molar-refractivity contribution in [3.63, 3.8) is 0 Å². The molecule has 5 heteroatoms. The van der Waals surface area contributed by atoms with Crippen LogP contribution in [0.25, 0.3) is 0 Å². The smallest absolute Gasteiger partial charge is 0.138 e. The molecule has 0 radical (unpaired) electrons. The van der Waals surface area contributed by atoms with Crippen LogP contribution in [-0.2, 0) is 19.9 Å². The molecule has 0 fully saturated rings. The van der Waals surface area contributed by atoms with Crippen LogP contribution >= 0.6 is 0 Å². The fourth-order valence-corrected chi connectivity index (χ4v) is 2.69. The minimum atomic E-state index is -0.637. The van der Waals surface area contributed by atoms with Crippen LogP contribution in [0.5, 0.6) is 5.75 Å². The molecule has 106 valence electrons. The van der Waals surface area contributed by atoms with Gasteiger partial charge >= 0.3 is 0 Å². The van der Waals surface area contributed by atoms with Gasteiger partial charge in [0.2, 0.25) is 0 Å². The Labute approximate surface area is 118 Å². The van der Waals surface area contributed by atoms with E-state index >= 15 is 0 Å². The van der Waals surface area contributed by atoms with Crippen molar-refractivity contribution in [2.75, 3.05) is 0 Å². The zero-order valence-corrected chi connectivity index (χ0v) is 12.0. The molecule has 1 unspecified atom stereocenters. The molecule has 1 atom stereocenters. The van der Waals surface area contributed by atoms with Crippen LogP contribution in [0.3, 0.4) is 0 Å². The number of benzene rings is 1. The highest BCUT2D eigenvalue weighted by molar-refractivity contribution is 5.47. The van der Waals surface area contributed by atoms with Gasteiger partial charge < -0.3 is 9.84 Å². The first-order valence-corrected chi connectivity index (χ1v) is 6.78. The summed E-state index contributed by atoms with van der Waals surface area (Å²) in [5, 5.41) is 14.5. The van der Waals surface area contributed by atoms with E-state index in [9.17, 15) is 5.11 Å². The molecule has 1 aromatic carbocycles. The van der Waals surface area contributed by atoms with Crippen LogP contribution in [0.4, 0.5) is 0 Å². The molecule has 0 saturated heterocycles. The molecule has 1 aliphatic heterocycles. The van der Waals surface area contributed by atoms with Gasteiger partial charge in [0.1, 0.15) is 23.5 Å². The number of fused-ring (bicyclic) bond motifs is 1. The Morgan fingerprint density at radius 3 is 2.95 bits per heavy atom. The van der Waals surface area contributed by atoms with E-state index in [1.165, 1.54) is 6.33 Å². The second kappa shape index (κ2) is 4.59. The molecule has 1 N–H and O–H groups in total. The van der Waals surface area contributed by atoms with E-state index in [1.54, 1.807) is 4.68 Å². The van der Waals surface area contributed by atoms with Crippen LogP contribution < -0.4 is 4.74 Å². The molecular weight excluding hydrogens is 254 g/mol. The first kappa shape index (κ1) is 13.1. The van der Waals surface area contributed by atoms with Crippen LogP contribution in [0, 0.1) is 0 Å². The monoisotopic (exact) mass is 273 g/mol. The maximum Gasteiger partial charge on any atom is 0.138 e. The first-order valence-electron chi connectivity index (χ1n) is 6.78. The van der Waals surface area contributed by atoms with Crippen LogP contribution in [-0.4, -0.2) is 25.5 Å². The van der Waals surface area contributed by atoms with E-state index in [0.717, 1.165) is 29.1 Å². The summed E-state index contributed by atoms with van der Waals surface area (Å²) in [4.78, 5) is 4.15. The zero-order valence-electron chi connectivity index (χ0n) is 12.0. The zero-order chi connectivity index (χ0) is 14.3. The van der Waals surface area contributed by atoms with Gasteiger partial charge in [-0.3, -0.25) is 4.68 Å². The highest BCUT2D eigenvalue weighted by atomic mass is 16.5. The molecule has 0 bridgehead atoms. The molecular formula is C15H19N3O2. The topological polar surface area (TPSA) is 60.2 Å². The summed E-state index contributed by atoms with van der Waals surface area (Å²) in [5.41, 5.74) is 1.78. The number of hydrogen-bond acceptors (Lipinski definition) is 4. The van der Waals surface area contributed by atoms with Crippen LogP contribution in [0.2, 0.25) is 0 Å². The lowest BCUT2D eigenvalue weighted by Crippen LogP contribution is -2.25. The largest absolute Gasteiger partial charge is 0.487 e. The van der Waals surface area contributed by atoms with Gasteiger partial charge in [0.25, 0.3) is 0 Å². The van der Waals surface area contributed by atoms with Gasteiger partial charge in [0, 0.05) is 25.5 Å². The van der Waals surface area contributed by atoms with Gasteiger partial charge in [-0.25, -0.2) is 4.98 Å². The number of aryl methyl sites for hydroxylation is 1. The van der Waals surface area contributed by atoms with E-state index in [4.69, 9.17) is 4.74 Å². The normalized spacial score (nSPS) is 17.6. The molecule has 0 amide bonds. The maximum absolute atomic E-state index is 10.5. The second-order valence-electron chi connectivity index (χ2n) is 5.89. The third-order valence-electron chi connectivity index (χ3n) is 3.66. The summed E-state index contributed by atoms with van der Waals surface area (Å²) < 4.78 is 7.67. The van der Waals surface area contributed by atoms with Gasteiger partial charge in [0.05, 0.1) is 6.10 Å². The molecule has 3 rings (SSSR count). The van der Waals surface area contributed by atoms with Gasteiger partial charge in [-0.1, -0.05) is 18.2 Å². The molecule has 1 aliphatic rings. The van der Waals surface area contributed by atoms with E-state index < -0.39 is 6.10 Å². The number of aliphatic hydroxyl groups excluding tert-OH is 1. The van der Waals surface area contributed by atoms with Gasteiger partial charge in [-0.05, 0) is 19.4 Å². The standard InChI is InChI=1S/C15H19N3O2/c1-15(2)8-10-5-4-6-11(14(10)20-15)12(19)7-13-16-9-17-18(13)3/h4-6,9,12,19H,7-8H2,1-3H3. The quantitative estimate of drug-likeness (QED) is 0.926. The van der Waals surface area contributed by atoms with Crippen molar-refractivity contribution in [2.24, 2.45) is 7.05 Å². The highest BCUT2D eigenvalue weighted by Gasteiger charge is 2.33. The molecule has 5 nitrogen and oxygen atoms in total. The molecule has 0 aliphatic carbocycles. The van der Waals surface area contributed by atoms with Crippen LogP contribution in [0.1, 0.15) is 36.9 Å². The Bertz CT molecular complexity index is 634. The Balaban J connectivity index is 1.89. The summed E-state index contributed by atoms with van der Waals surface area (Å²) in [6.45, 7) is 4.12. The van der Waals surface area contributed by atoms with Crippen molar-refractivity contribution in [2.45, 2.75) is 38.4 Å². The fraction of sp³-hybridized carbons (Fsp3) is 0.467. The van der Waals surface area contributed by atoms with Crippen molar-refractivity contribution in [1.82, 2.24) is 14.8 Å². The summed E-state index contributed by atoms with van der Waals surface area (Å²) in [6.07, 6.45) is 2.16. The molecule has 0 saturated carbocycles. The molecule has 1 aromatic heterocycles. The van der Waals surface area contributed by atoms with E-state index in [-0.39, 0.29) is 5.60 Å². The fourth-order valence-electron chi connectivity index (χ4n) is 2.69. The Hall–Kier alpha value is -1.88. The molecule has 0 spiro atoms. The van der Waals surface area contributed by atoms with Crippen molar-refractivity contribution in [3.05, 3.63) is 41.5 Å². The van der Waals surface area contributed by atoms with E-state index in [2.05, 4.69) is 30.0 Å². The molecule has 2 aromatic rings. The maximum atomic E-state index is 10.5. The molecule has 2 heterocycles. The first-order chi connectivity index (χ1) is 9.46. The van der Waals surface area contributed by atoms with Crippen molar-refractivity contribution >= 4 is 0 Å². The predicted octanol–water partition coefficient (Wildman–Crippen LogP) is 1.80. The minimum Gasteiger partial charge on any atom is -0.487 e. The van der Waals surface area contributed by atoms with Gasteiger partial charge in [0.15, 0.2) is 0 Å². The lowest BCUT2D eigenvalue weighted by Gasteiger charge is -2.19. The lowest BCUT2D eigenvalue weighted by molar-refractivity contribution is 0.125. The second-order valence-corrected chi connectivity index (χ2v) is 5.89. The van der Waals surface area contributed by atoms with Gasteiger partial charge in [-0.15, -0.1) is 0 Å². The van der Waals surface area contributed by atoms with Gasteiger partial charge in [-0.2, -0.15) is 5.10 Å².